The van der Waals surface area contributed by atoms with Crippen LogP contribution in [-0.4, -0.2) is 16.2 Å². The number of aliphatic hydroxyl groups is 1. The van der Waals surface area contributed by atoms with Gasteiger partial charge in [-0.1, -0.05) is 34.1 Å². The molecule has 0 bridgehead atoms. The van der Waals surface area contributed by atoms with E-state index in [-0.39, 0.29) is 12.4 Å². The zero-order chi connectivity index (χ0) is 10.6. The molecule has 0 heterocycles. The van der Waals surface area contributed by atoms with Crippen molar-refractivity contribution in [2.75, 3.05) is 5.33 Å². The highest BCUT2D eigenvalue weighted by Crippen LogP contribution is 2.14. The number of rotatable bonds is 4. The van der Waals surface area contributed by atoms with Gasteiger partial charge in [0.1, 0.15) is 5.78 Å². The number of benzene rings is 1. The van der Waals surface area contributed by atoms with E-state index in [9.17, 15) is 4.79 Å². The normalized spacial score (nSPS) is 10.2. The number of aliphatic hydroxyl groups excluding tert-OH is 1. The predicted octanol–water partition coefficient (Wildman–Crippen LogP) is 1.99. The summed E-state index contributed by atoms with van der Waals surface area (Å²) in [5, 5.41) is 9.42. The highest BCUT2D eigenvalue weighted by atomic mass is 79.9. The molecule has 76 valence electrons. The average molecular weight is 257 g/mol. The molecule has 0 atom stereocenters. The molecule has 3 heteroatoms. The van der Waals surface area contributed by atoms with Crippen molar-refractivity contribution in [3.05, 3.63) is 34.9 Å². The number of alkyl halides is 1. The fourth-order valence-electron chi connectivity index (χ4n) is 1.36. The van der Waals surface area contributed by atoms with Gasteiger partial charge in [0.25, 0.3) is 0 Å². The van der Waals surface area contributed by atoms with E-state index in [0.717, 1.165) is 16.7 Å². The van der Waals surface area contributed by atoms with Crippen LogP contribution in [0.3, 0.4) is 0 Å². The lowest BCUT2D eigenvalue weighted by Gasteiger charge is -2.08. The summed E-state index contributed by atoms with van der Waals surface area (Å²) in [6.07, 6.45) is 0.435. The summed E-state index contributed by atoms with van der Waals surface area (Å²) in [4.78, 5) is 11.2. The molecule has 14 heavy (non-hydrogen) atoms. The second-order valence-corrected chi connectivity index (χ2v) is 3.77. The van der Waals surface area contributed by atoms with Crippen LogP contribution in [0.2, 0.25) is 0 Å². The van der Waals surface area contributed by atoms with Gasteiger partial charge in [0, 0.05) is 6.42 Å². The summed E-state index contributed by atoms with van der Waals surface area (Å²) in [7, 11) is 0. The van der Waals surface area contributed by atoms with Crippen LogP contribution in [-0.2, 0) is 17.8 Å². The first-order valence-electron chi connectivity index (χ1n) is 4.45. The highest BCUT2D eigenvalue weighted by Gasteiger charge is 2.06. The summed E-state index contributed by atoms with van der Waals surface area (Å²) < 4.78 is 0. The monoisotopic (exact) mass is 256 g/mol. The average Bonchev–Trinajstić information content (AvgIpc) is 2.21. The number of Topliss-reactive ketones (excluding diaryl/α,β-unsaturated/α-hetero) is 1. The molecule has 1 aromatic carbocycles. The van der Waals surface area contributed by atoms with Crippen molar-refractivity contribution in [2.45, 2.75) is 20.0 Å². The van der Waals surface area contributed by atoms with E-state index >= 15 is 0 Å². The van der Waals surface area contributed by atoms with Crippen molar-refractivity contribution in [1.29, 1.82) is 0 Å². The molecule has 1 N–H and O–H groups in total. The smallest absolute Gasteiger partial charge is 0.147 e. The van der Waals surface area contributed by atoms with Crippen molar-refractivity contribution < 1.29 is 9.90 Å². The van der Waals surface area contributed by atoms with Crippen molar-refractivity contribution >= 4 is 21.7 Å². The Labute approximate surface area is 92.1 Å². The Morgan fingerprint density at radius 2 is 2.07 bits per heavy atom. The zero-order valence-corrected chi connectivity index (χ0v) is 9.67. The van der Waals surface area contributed by atoms with Crippen molar-refractivity contribution in [3.63, 3.8) is 0 Å². The van der Waals surface area contributed by atoms with Gasteiger partial charge in [-0.2, -0.15) is 0 Å². The van der Waals surface area contributed by atoms with Crippen LogP contribution in [0.5, 0.6) is 0 Å². The van der Waals surface area contributed by atoms with Crippen LogP contribution in [0.25, 0.3) is 0 Å². The van der Waals surface area contributed by atoms with E-state index in [0.29, 0.717) is 11.8 Å². The van der Waals surface area contributed by atoms with E-state index in [1.807, 2.05) is 25.1 Å². The quantitative estimate of drug-likeness (QED) is 0.837. The summed E-state index contributed by atoms with van der Waals surface area (Å²) in [6, 6.07) is 5.67. The van der Waals surface area contributed by atoms with E-state index in [1.54, 1.807) is 0 Å². The van der Waals surface area contributed by atoms with Gasteiger partial charge in [0.05, 0.1) is 11.9 Å². The predicted molar refractivity (Wildman–Crippen MR) is 59.6 cm³/mol. The van der Waals surface area contributed by atoms with Gasteiger partial charge in [-0.15, -0.1) is 0 Å². The number of hydrogen-bond donors (Lipinski definition) is 1. The molecular formula is C11H13BrO2. The second-order valence-electron chi connectivity index (χ2n) is 3.21. The zero-order valence-electron chi connectivity index (χ0n) is 8.09. The molecule has 0 aliphatic heterocycles. The summed E-state index contributed by atoms with van der Waals surface area (Å²) in [5.74, 6) is 0.156. The van der Waals surface area contributed by atoms with Crippen molar-refractivity contribution in [2.24, 2.45) is 0 Å². The lowest BCUT2D eigenvalue weighted by molar-refractivity contribution is -0.115. The fraction of sp³-hybridized carbons (Fsp3) is 0.364. The van der Waals surface area contributed by atoms with Gasteiger partial charge in [-0.05, 0) is 23.6 Å². The van der Waals surface area contributed by atoms with Gasteiger partial charge in [0.15, 0.2) is 0 Å². The minimum Gasteiger partial charge on any atom is -0.392 e. The maximum atomic E-state index is 11.2. The summed E-state index contributed by atoms with van der Waals surface area (Å²) in [6.45, 7) is 1.96. The Bertz CT molecular complexity index is 334. The number of carbonyl (C=O) groups is 1. The Balaban J connectivity index is 2.92. The van der Waals surface area contributed by atoms with Crippen molar-refractivity contribution in [1.82, 2.24) is 0 Å². The van der Waals surface area contributed by atoms with Crippen LogP contribution in [0.15, 0.2) is 18.2 Å². The van der Waals surface area contributed by atoms with Crippen LogP contribution in [0.1, 0.15) is 16.7 Å². The molecule has 0 radical (unpaired) electrons. The standard InChI is InChI=1S/C11H13BrO2/c1-8-9(5-11(14)6-12)3-2-4-10(8)7-13/h2-4,13H,5-7H2,1H3. The molecule has 0 aromatic heterocycles. The third kappa shape index (κ3) is 2.66. The maximum Gasteiger partial charge on any atom is 0.147 e. The molecule has 0 amide bonds. The third-order valence-electron chi connectivity index (χ3n) is 2.27. The van der Waals surface area contributed by atoms with Gasteiger partial charge >= 0.3 is 0 Å². The Hall–Kier alpha value is -0.670. The van der Waals surface area contributed by atoms with E-state index < -0.39 is 0 Å². The van der Waals surface area contributed by atoms with Crippen LogP contribution < -0.4 is 0 Å². The van der Waals surface area contributed by atoms with Gasteiger partial charge in [0.2, 0.25) is 0 Å². The maximum absolute atomic E-state index is 11.2. The molecule has 1 rings (SSSR count). The molecule has 0 spiro atoms. The second kappa shape index (κ2) is 5.27. The molecule has 0 saturated carbocycles. The molecule has 0 aliphatic rings. The first-order valence-corrected chi connectivity index (χ1v) is 5.57. The minimum atomic E-state index is 0.0299. The molecule has 0 saturated heterocycles. The topological polar surface area (TPSA) is 37.3 Å². The first kappa shape index (κ1) is 11.4. The van der Waals surface area contributed by atoms with E-state index in [4.69, 9.17) is 5.11 Å². The lowest BCUT2D eigenvalue weighted by atomic mass is 9.99. The molecular weight excluding hydrogens is 244 g/mol. The molecule has 0 unspecified atom stereocenters. The van der Waals surface area contributed by atoms with Crippen LogP contribution >= 0.6 is 15.9 Å². The highest BCUT2D eigenvalue weighted by molar-refractivity contribution is 9.09. The lowest BCUT2D eigenvalue weighted by Crippen LogP contribution is -2.06. The Morgan fingerprint density at radius 3 is 2.64 bits per heavy atom. The number of ketones is 1. The number of hydrogen-bond acceptors (Lipinski definition) is 2. The number of halogens is 1. The van der Waals surface area contributed by atoms with Gasteiger partial charge in [-0.25, -0.2) is 0 Å². The molecule has 2 nitrogen and oxygen atoms in total. The fourth-order valence-corrected chi connectivity index (χ4v) is 1.56. The summed E-state index contributed by atoms with van der Waals surface area (Å²) in [5.41, 5.74) is 2.91. The molecule has 1 aromatic rings. The van der Waals surface area contributed by atoms with E-state index in [2.05, 4.69) is 15.9 Å². The largest absolute Gasteiger partial charge is 0.392 e. The van der Waals surface area contributed by atoms with Crippen LogP contribution in [0, 0.1) is 6.92 Å². The first-order chi connectivity index (χ1) is 6.69. The van der Waals surface area contributed by atoms with Crippen molar-refractivity contribution in [3.8, 4) is 0 Å². The molecule has 0 fully saturated rings. The number of carbonyl (C=O) groups excluding carboxylic acids is 1. The van der Waals surface area contributed by atoms with E-state index in [1.165, 1.54) is 0 Å². The Kier molecular flexibility index (Phi) is 4.29. The third-order valence-corrected chi connectivity index (χ3v) is 2.89. The van der Waals surface area contributed by atoms with Crippen LogP contribution in [0.4, 0.5) is 0 Å². The SMILES string of the molecule is Cc1c(CO)cccc1CC(=O)CBr. The van der Waals surface area contributed by atoms with Gasteiger partial charge in [-0.3, -0.25) is 4.79 Å². The minimum absolute atomic E-state index is 0.0299. The van der Waals surface area contributed by atoms with Gasteiger partial charge < -0.3 is 5.11 Å². The molecule has 0 aliphatic carbocycles. The summed E-state index contributed by atoms with van der Waals surface area (Å²) >= 11 is 3.13. The Morgan fingerprint density at radius 1 is 1.43 bits per heavy atom.